The van der Waals surface area contributed by atoms with Gasteiger partial charge < -0.3 is 4.42 Å². The molecule has 0 unspecified atom stereocenters. The minimum absolute atomic E-state index is 0.287. The molecule has 0 amide bonds. The van der Waals surface area contributed by atoms with E-state index in [1.54, 1.807) is 18.2 Å². The number of rotatable bonds is 0. The number of hydrogen-bond donors (Lipinski definition) is 0. The maximum absolute atomic E-state index is 13.4. The molecule has 3 rings (SSSR count). The predicted molar refractivity (Wildman–Crippen MR) is 58.7 cm³/mol. The molecule has 1 heterocycles. The third-order valence-electron chi connectivity index (χ3n) is 2.41. The van der Waals surface area contributed by atoms with Gasteiger partial charge in [0, 0.05) is 21.9 Å². The fraction of sp³-hybridized carbons (Fsp3) is 0. The average molecular weight is 221 g/mol. The van der Waals surface area contributed by atoms with Crippen molar-refractivity contribution >= 4 is 33.5 Å². The lowest BCUT2D eigenvalue weighted by molar-refractivity contribution is 0.584. The Labute approximate surface area is 90.1 Å². The molecule has 0 saturated carbocycles. The minimum Gasteiger partial charge on any atom is -0.453 e. The quantitative estimate of drug-likeness (QED) is 0.548. The summed E-state index contributed by atoms with van der Waals surface area (Å²) >= 11 is 5.83. The molecular formula is C12H6ClFO. The fourth-order valence-corrected chi connectivity index (χ4v) is 1.90. The second-order valence-corrected chi connectivity index (χ2v) is 3.80. The normalized spacial score (nSPS) is 11.3. The Morgan fingerprint density at radius 3 is 2.80 bits per heavy atom. The van der Waals surface area contributed by atoms with Gasteiger partial charge in [0.1, 0.15) is 5.58 Å². The van der Waals surface area contributed by atoms with E-state index >= 15 is 0 Å². The summed E-state index contributed by atoms with van der Waals surface area (Å²) < 4.78 is 18.8. The van der Waals surface area contributed by atoms with E-state index in [1.807, 2.05) is 12.1 Å². The Morgan fingerprint density at radius 1 is 1.07 bits per heavy atom. The van der Waals surface area contributed by atoms with Crippen LogP contribution >= 0.6 is 11.6 Å². The van der Waals surface area contributed by atoms with Gasteiger partial charge in [-0.05, 0) is 18.2 Å². The Hall–Kier alpha value is -1.54. The number of hydrogen-bond acceptors (Lipinski definition) is 1. The molecule has 15 heavy (non-hydrogen) atoms. The molecule has 0 bridgehead atoms. The van der Waals surface area contributed by atoms with Gasteiger partial charge in [0.15, 0.2) is 11.4 Å². The van der Waals surface area contributed by atoms with E-state index in [0.29, 0.717) is 10.6 Å². The van der Waals surface area contributed by atoms with Gasteiger partial charge in [0.2, 0.25) is 0 Å². The predicted octanol–water partition coefficient (Wildman–Crippen LogP) is 4.38. The standard InChI is InChI=1S/C12H6ClFO/c13-7-4-5-8-9-2-1-3-10(14)12(9)15-11(8)6-7/h1-6H. The lowest BCUT2D eigenvalue weighted by Gasteiger charge is -1.89. The van der Waals surface area contributed by atoms with Crippen LogP contribution < -0.4 is 0 Å². The molecule has 1 nitrogen and oxygen atoms in total. The molecule has 0 saturated heterocycles. The number of furan rings is 1. The highest BCUT2D eigenvalue weighted by Crippen LogP contribution is 2.31. The van der Waals surface area contributed by atoms with Gasteiger partial charge in [0.25, 0.3) is 0 Å². The van der Waals surface area contributed by atoms with Crippen LogP contribution in [0.5, 0.6) is 0 Å². The first-order valence-corrected chi connectivity index (χ1v) is 4.90. The van der Waals surface area contributed by atoms with Gasteiger partial charge in [-0.25, -0.2) is 4.39 Å². The van der Waals surface area contributed by atoms with Gasteiger partial charge in [-0.2, -0.15) is 0 Å². The molecule has 1 aromatic heterocycles. The van der Waals surface area contributed by atoms with Crippen LogP contribution in [0.3, 0.4) is 0 Å². The van der Waals surface area contributed by atoms with Crippen LogP contribution in [0.2, 0.25) is 5.02 Å². The minimum atomic E-state index is -0.347. The molecule has 3 heteroatoms. The van der Waals surface area contributed by atoms with Crippen LogP contribution in [-0.4, -0.2) is 0 Å². The summed E-state index contributed by atoms with van der Waals surface area (Å²) in [4.78, 5) is 0. The van der Waals surface area contributed by atoms with Gasteiger partial charge in [-0.3, -0.25) is 0 Å². The Morgan fingerprint density at radius 2 is 1.93 bits per heavy atom. The summed E-state index contributed by atoms with van der Waals surface area (Å²) in [6.45, 7) is 0. The van der Waals surface area contributed by atoms with E-state index < -0.39 is 0 Å². The van der Waals surface area contributed by atoms with Gasteiger partial charge in [-0.1, -0.05) is 23.7 Å². The number of para-hydroxylation sites is 1. The molecule has 74 valence electrons. The van der Waals surface area contributed by atoms with Crippen LogP contribution in [-0.2, 0) is 0 Å². The first-order valence-electron chi connectivity index (χ1n) is 4.52. The zero-order chi connectivity index (χ0) is 10.4. The van der Waals surface area contributed by atoms with Crippen molar-refractivity contribution in [3.8, 4) is 0 Å². The maximum atomic E-state index is 13.4. The lowest BCUT2D eigenvalue weighted by atomic mass is 10.1. The first kappa shape index (κ1) is 8.74. The SMILES string of the molecule is Fc1cccc2c1oc1cc(Cl)ccc12. The Balaban J connectivity index is 2.57. The van der Waals surface area contributed by atoms with E-state index in [1.165, 1.54) is 6.07 Å². The largest absolute Gasteiger partial charge is 0.453 e. The molecule has 3 aromatic rings. The summed E-state index contributed by atoms with van der Waals surface area (Å²) in [5.41, 5.74) is 0.900. The summed E-state index contributed by atoms with van der Waals surface area (Å²) in [7, 11) is 0. The summed E-state index contributed by atoms with van der Waals surface area (Å²) in [5, 5.41) is 2.25. The van der Waals surface area contributed by atoms with E-state index in [-0.39, 0.29) is 11.4 Å². The highest BCUT2D eigenvalue weighted by molar-refractivity contribution is 6.31. The van der Waals surface area contributed by atoms with Crippen LogP contribution in [0.15, 0.2) is 40.8 Å². The maximum Gasteiger partial charge on any atom is 0.171 e. The third-order valence-corrected chi connectivity index (χ3v) is 2.65. The summed E-state index contributed by atoms with van der Waals surface area (Å²) in [5.74, 6) is -0.347. The van der Waals surface area contributed by atoms with Gasteiger partial charge in [0.05, 0.1) is 0 Å². The number of fused-ring (bicyclic) bond motifs is 3. The number of benzene rings is 2. The molecule has 0 atom stereocenters. The molecule has 0 N–H and O–H groups in total. The molecule has 0 fully saturated rings. The van der Waals surface area contributed by atoms with E-state index in [4.69, 9.17) is 16.0 Å². The average Bonchev–Trinajstić information content (AvgIpc) is 2.57. The van der Waals surface area contributed by atoms with E-state index in [9.17, 15) is 4.39 Å². The second kappa shape index (κ2) is 2.97. The molecule has 0 aliphatic carbocycles. The fourth-order valence-electron chi connectivity index (χ4n) is 1.74. The van der Waals surface area contributed by atoms with Crippen LogP contribution in [0, 0.1) is 5.82 Å². The smallest absolute Gasteiger partial charge is 0.171 e. The molecule has 2 aromatic carbocycles. The highest BCUT2D eigenvalue weighted by atomic mass is 35.5. The molecule has 0 aliphatic heterocycles. The Bertz CT molecular complexity index is 657. The monoisotopic (exact) mass is 220 g/mol. The van der Waals surface area contributed by atoms with Crippen molar-refractivity contribution in [1.29, 1.82) is 0 Å². The summed E-state index contributed by atoms with van der Waals surface area (Å²) in [6, 6.07) is 10.2. The number of halogens is 2. The molecule has 0 spiro atoms. The van der Waals surface area contributed by atoms with Crippen LogP contribution in [0.4, 0.5) is 4.39 Å². The van der Waals surface area contributed by atoms with Crippen molar-refractivity contribution in [3.63, 3.8) is 0 Å². The third kappa shape index (κ3) is 1.22. The second-order valence-electron chi connectivity index (χ2n) is 3.36. The van der Waals surface area contributed by atoms with E-state index in [2.05, 4.69) is 0 Å². The zero-order valence-electron chi connectivity index (χ0n) is 7.63. The van der Waals surface area contributed by atoms with Crippen LogP contribution in [0.1, 0.15) is 0 Å². The summed E-state index contributed by atoms with van der Waals surface area (Å²) in [6.07, 6.45) is 0. The van der Waals surface area contributed by atoms with Crippen molar-refractivity contribution in [2.75, 3.05) is 0 Å². The van der Waals surface area contributed by atoms with Crippen molar-refractivity contribution in [1.82, 2.24) is 0 Å². The van der Waals surface area contributed by atoms with Gasteiger partial charge >= 0.3 is 0 Å². The van der Waals surface area contributed by atoms with Crippen LogP contribution in [0.25, 0.3) is 21.9 Å². The van der Waals surface area contributed by atoms with Crippen molar-refractivity contribution < 1.29 is 8.81 Å². The lowest BCUT2D eigenvalue weighted by Crippen LogP contribution is -1.71. The zero-order valence-corrected chi connectivity index (χ0v) is 8.38. The molecule has 0 radical (unpaired) electrons. The van der Waals surface area contributed by atoms with Crippen molar-refractivity contribution in [2.24, 2.45) is 0 Å². The van der Waals surface area contributed by atoms with E-state index in [0.717, 1.165) is 10.8 Å². The van der Waals surface area contributed by atoms with Crippen molar-refractivity contribution in [3.05, 3.63) is 47.2 Å². The first-order chi connectivity index (χ1) is 7.25. The van der Waals surface area contributed by atoms with Crippen molar-refractivity contribution in [2.45, 2.75) is 0 Å². The molecular weight excluding hydrogens is 215 g/mol. The topological polar surface area (TPSA) is 13.1 Å². The highest BCUT2D eigenvalue weighted by Gasteiger charge is 2.09. The van der Waals surface area contributed by atoms with Gasteiger partial charge in [-0.15, -0.1) is 0 Å². The molecule has 0 aliphatic rings. The Kier molecular flexibility index (Phi) is 1.73.